The van der Waals surface area contributed by atoms with E-state index in [2.05, 4.69) is 66.6 Å². The highest BCUT2D eigenvalue weighted by Gasteiger charge is 2.19. The zero-order valence-corrected chi connectivity index (χ0v) is 18.3. The number of anilines is 1. The normalized spacial score (nSPS) is 12.0. The summed E-state index contributed by atoms with van der Waals surface area (Å²) < 4.78 is 11.0. The summed E-state index contributed by atoms with van der Waals surface area (Å²) in [5.41, 5.74) is 5.09. The predicted octanol–water partition coefficient (Wildman–Crippen LogP) is 6.07. The number of aromatic nitrogens is 2. The molecule has 5 nitrogen and oxygen atoms in total. The molecule has 1 heterocycles. The minimum atomic E-state index is 0.123. The van der Waals surface area contributed by atoms with E-state index in [4.69, 9.17) is 9.47 Å². The maximum atomic E-state index is 5.89. The van der Waals surface area contributed by atoms with E-state index in [9.17, 15) is 0 Å². The molecule has 0 aliphatic carbocycles. The van der Waals surface area contributed by atoms with Crippen molar-refractivity contribution in [2.45, 2.75) is 26.8 Å². The van der Waals surface area contributed by atoms with Gasteiger partial charge in [0, 0.05) is 7.11 Å². The Kier molecular flexibility index (Phi) is 6.14. The van der Waals surface area contributed by atoms with Crippen molar-refractivity contribution in [2.24, 2.45) is 0 Å². The highest BCUT2D eigenvalue weighted by atomic mass is 16.7. The van der Waals surface area contributed by atoms with Gasteiger partial charge in [-0.3, -0.25) is 0 Å². The molecular weight excluding hydrogens is 386 g/mol. The first-order valence-electron chi connectivity index (χ1n) is 10.4. The fraction of sp³-hybridized carbons (Fsp3) is 0.231. The largest absolute Gasteiger partial charge is 0.467 e. The molecule has 0 saturated heterocycles. The maximum Gasteiger partial charge on any atom is 0.188 e. The highest BCUT2D eigenvalue weighted by molar-refractivity contribution is 5.99. The molecule has 158 valence electrons. The van der Waals surface area contributed by atoms with Gasteiger partial charge in [0.2, 0.25) is 0 Å². The minimum Gasteiger partial charge on any atom is -0.467 e. The van der Waals surface area contributed by atoms with Crippen LogP contribution in [0.4, 0.5) is 5.82 Å². The summed E-state index contributed by atoms with van der Waals surface area (Å²) in [5.74, 6) is 1.52. The second-order valence-corrected chi connectivity index (χ2v) is 7.63. The van der Waals surface area contributed by atoms with Crippen LogP contribution >= 0.6 is 0 Å². The van der Waals surface area contributed by atoms with Gasteiger partial charge < -0.3 is 14.8 Å². The van der Waals surface area contributed by atoms with Crippen molar-refractivity contribution in [3.05, 3.63) is 83.4 Å². The van der Waals surface area contributed by atoms with Gasteiger partial charge in [0.05, 0.1) is 11.6 Å². The van der Waals surface area contributed by atoms with Gasteiger partial charge in [-0.25, -0.2) is 0 Å². The van der Waals surface area contributed by atoms with Crippen molar-refractivity contribution in [2.75, 3.05) is 19.2 Å². The van der Waals surface area contributed by atoms with Crippen LogP contribution in [0.1, 0.15) is 29.7 Å². The molecule has 4 aromatic rings. The molecule has 0 radical (unpaired) electrons. The van der Waals surface area contributed by atoms with E-state index >= 15 is 0 Å². The highest BCUT2D eigenvalue weighted by Crippen LogP contribution is 2.39. The van der Waals surface area contributed by atoms with E-state index in [0.717, 1.165) is 44.7 Å². The molecule has 0 spiro atoms. The van der Waals surface area contributed by atoms with Crippen molar-refractivity contribution in [1.29, 1.82) is 0 Å². The van der Waals surface area contributed by atoms with Gasteiger partial charge in [0.1, 0.15) is 11.4 Å². The van der Waals surface area contributed by atoms with E-state index in [-0.39, 0.29) is 12.8 Å². The first kappa shape index (κ1) is 20.8. The SMILES string of the molecule is COCOc1ccc2ccccc2c1-c1nnc(N[C@H](C)c2ccccc2)c(C)c1C. The summed E-state index contributed by atoms with van der Waals surface area (Å²) in [6.45, 7) is 6.46. The van der Waals surface area contributed by atoms with E-state index in [1.165, 1.54) is 5.56 Å². The second-order valence-electron chi connectivity index (χ2n) is 7.63. The number of hydrogen-bond acceptors (Lipinski definition) is 5. The summed E-state index contributed by atoms with van der Waals surface area (Å²) in [4.78, 5) is 0. The topological polar surface area (TPSA) is 56.3 Å². The molecule has 0 fully saturated rings. The Hall–Kier alpha value is -3.44. The number of hydrogen-bond donors (Lipinski definition) is 1. The van der Waals surface area contributed by atoms with Gasteiger partial charge in [-0.1, -0.05) is 60.7 Å². The summed E-state index contributed by atoms with van der Waals surface area (Å²) >= 11 is 0. The predicted molar refractivity (Wildman–Crippen MR) is 125 cm³/mol. The van der Waals surface area contributed by atoms with E-state index in [1.54, 1.807) is 7.11 Å². The molecule has 0 aliphatic heterocycles. The van der Waals surface area contributed by atoms with E-state index < -0.39 is 0 Å². The van der Waals surface area contributed by atoms with Crippen molar-refractivity contribution >= 4 is 16.6 Å². The molecule has 1 aromatic heterocycles. The van der Waals surface area contributed by atoms with Crippen LogP contribution in [0.5, 0.6) is 5.75 Å². The molecule has 5 heteroatoms. The minimum absolute atomic E-state index is 0.123. The maximum absolute atomic E-state index is 5.89. The molecule has 0 amide bonds. The second kappa shape index (κ2) is 9.14. The van der Waals surface area contributed by atoms with Gasteiger partial charge >= 0.3 is 0 Å². The first-order valence-corrected chi connectivity index (χ1v) is 10.4. The van der Waals surface area contributed by atoms with Crippen LogP contribution in [0.3, 0.4) is 0 Å². The third kappa shape index (κ3) is 4.23. The molecule has 0 unspecified atom stereocenters. The Morgan fingerprint density at radius 3 is 2.39 bits per heavy atom. The third-order valence-corrected chi connectivity index (χ3v) is 5.64. The fourth-order valence-corrected chi connectivity index (χ4v) is 3.75. The third-order valence-electron chi connectivity index (χ3n) is 5.64. The number of ether oxygens (including phenoxy) is 2. The van der Waals surface area contributed by atoms with Gasteiger partial charge in [-0.15, -0.1) is 10.2 Å². The first-order chi connectivity index (χ1) is 15.1. The zero-order chi connectivity index (χ0) is 21.8. The number of nitrogens with one attached hydrogen (secondary N) is 1. The van der Waals surface area contributed by atoms with Crippen LogP contribution < -0.4 is 10.1 Å². The monoisotopic (exact) mass is 413 g/mol. The van der Waals surface area contributed by atoms with Gasteiger partial charge in [0.25, 0.3) is 0 Å². The van der Waals surface area contributed by atoms with Crippen molar-refractivity contribution in [3.63, 3.8) is 0 Å². The van der Waals surface area contributed by atoms with Crippen LogP contribution in [-0.2, 0) is 4.74 Å². The summed E-state index contributed by atoms with van der Waals surface area (Å²) in [6.07, 6.45) is 0. The van der Waals surface area contributed by atoms with E-state index in [1.807, 2.05) is 36.4 Å². The van der Waals surface area contributed by atoms with Crippen molar-refractivity contribution in [1.82, 2.24) is 10.2 Å². The lowest BCUT2D eigenvalue weighted by Gasteiger charge is -2.19. The van der Waals surface area contributed by atoms with Gasteiger partial charge in [0.15, 0.2) is 12.6 Å². The molecule has 1 atom stereocenters. The molecule has 3 aromatic carbocycles. The Balaban J connectivity index is 1.77. The lowest BCUT2D eigenvalue weighted by atomic mass is 9.96. The molecule has 31 heavy (non-hydrogen) atoms. The number of benzene rings is 3. The van der Waals surface area contributed by atoms with Crippen molar-refractivity contribution in [3.8, 4) is 17.0 Å². The lowest BCUT2D eigenvalue weighted by molar-refractivity contribution is 0.0516. The Bertz CT molecular complexity index is 1190. The summed E-state index contributed by atoms with van der Waals surface area (Å²) in [6, 6.07) is 22.7. The average molecular weight is 414 g/mol. The standard InChI is InChI=1S/C26H27N3O2/c1-17-18(2)26(27-19(3)20-10-6-5-7-11-20)29-28-25(17)24-22-13-9-8-12-21(22)14-15-23(24)31-16-30-4/h5-15,19H,16H2,1-4H3,(H,27,29)/t19-/m1/s1. The molecule has 0 aliphatic rings. The number of nitrogens with zero attached hydrogens (tertiary/aromatic N) is 2. The van der Waals surface area contributed by atoms with Crippen LogP contribution in [0.25, 0.3) is 22.0 Å². The number of rotatable bonds is 7. The smallest absolute Gasteiger partial charge is 0.188 e. The van der Waals surface area contributed by atoms with E-state index in [0.29, 0.717) is 0 Å². The quantitative estimate of drug-likeness (QED) is 0.373. The average Bonchev–Trinajstić information content (AvgIpc) is 2.81. The molecule has 1 N–H and O–H groups in total. The van der Waals surface area contributed by atoms with Gasteiger partial charge in [-0.2, -0.15) is 0 Å². The van der Waals surface area contributed by atoms with Crippen LogP contribution in [0, 0.1) is 13.8 Å². The Morgan fingerprint density at radius 2 is 1.61 bits per heavy atom. The summed E-state index contributed by atoms with van der Waals surface area (Å²) in [5, 5.41) is 14.9. The lowest BCUT2D eigenvalue weighted by Crippen LogP contribution is -2.11. The molecule has 4 rings (SSSR count). The van der Waals surface area contributed by atoms with Crippen LogP contribution in [0.15, 0.2) is 66.7 Å². The summed E-state index contributed by atoms with van der Waals surface area (Å²) in [7, 11) is 1.62. The Labute approximate surface area is 183 Å². The fourth-order valence-electron chi connectivity index (χ4n) is 3.75. The molecule has 0 saturated carbocycles. The van der Waals surface area contributed by atoms with Crippen LogP contribution in [-0.4, -0.2) is 24.1 Å². The molecular formula is C26H27N3O2. The Morgan fingerprint density at radius 1 is 0.871 bits per heavy atom. The van der Waals surface area contributed by atoms with Crippen LogP contribution in [0.2, 0.25) is 0 Å². The molecule has 0 bridgehead atoms. The number of fused-ring (bicyclic) bond motifs is 1. The van der Waals surface area contributed by atoms with Gasteiger partial charge in [-0.05, 0) is 54.3 Å². The number of methoxy groups -OCH3 is 1. The zero-order valence-electron chi connectivity index (χ0n) is 18.3. The van der Waals surface area contributed by atoms with Crippen molar-refractivity contribution < 1.29 is 9.47 Å².